The first-order valence-corrected chi connectivity index (χ1v) is 6.17. The molecule has 2 heterocycles. The molecule has 0 saturated carbocycles. The van der Waals surface area contributed by atoms with Crippen LogP contribution in [0, 0.1) is 6.92 Å². The number of thioether (sulfide) groups is 1. The van der Waals surface area contributed by atoms with E-state index >= 15 is 0 Å². The highest BCUT2D eigenvalue weighted by atomic mass is 32.2. The Morgan fingerprint density at radius 2 is 2.39 bits per heavy atom. The minimum absolute atomic E-state index is 0.106. The zero-order valence-corrected chi connectivity index (χ0v) is 10.8. The van der Waals surface area contributed by atoms with E-state index in [0.717, 1.165) is 0 Å². The van der Waals surface area contributed by atoms with Gasteiger partial charge in [-0.15, -0.1) is 10.2 Å². The van der Waals surface area contributed by atoms with Gasteiger partial charge in [0.15, 0.2) is 5.16 Å². The third-order valence-corrected chi connectivity index (χ3v) is 3.24. The van der Waals surface area contributed by atoms with Gasteiger partial charge in [0, 0.05) is 7.05 Å². The van der Waals surface area contributed by atoms with Gasteiger partial charge in [0.25, 0.3) is 0 Å². The normalized spacial score (nSPS) is 10.6. The maximum Gasteiger partial charge on any atom is 0.230 e. The van der Waals surface area contributed by atoms with E-state index in [1.165, 1.54) is 11.8 Å². The Bertz CT molecular complexity index is 490. The van der Waals surface area contributed by atoms with Crippen LogP contribution < -0.4 is 5.32 Å². The van der Waals surface area contributed by atoms with E-state index in [-0.39, 0.29) is 11.7 Å². The Labute approximate surface area is 107 Å². The molecule has 0 bridgehead atoms. The Morgan fingerprint density at radius 3 is 3.00 bits per heavy atom. The van der Waals surface area contributed by atoms with Crippen molar-refractivity contribution in [3.63, 3.8) is 0 Å². The van der Waals surface area contributed by atoms with Crippen molar-refractivity contribution in [1.82, 2.24) is 30.4 Å². The van der Waals surface area contributed by atoms with Crippen LogP contribution in [0.4, 0.5) is 0 Å². The van der Waals surface area contributed by atoms with Crippen LogP contribution in [0.1, 0.15) is 11.4 Å². The van der Waals surface area contributed by atoms with Crippen LogP contribution in [0.3, 0.4) is 0 Å². The molecule has 96 valence electrons. The number of aryl methyl sites for hydroxylation is 2. The average Bonchev–Trinajstić information content (AvgIpc) is 2.93. The summed E-state index contributed by atoms with van der Waals surface area (Å²) in [5.74, 6) is 0.169. The van der Waals surface area contributed by atoms with Gasteiger partial charge in [-0.25, -0.2) is 4.63 Å². The summed E-state index contributed by atoms with van der Waals surface area (Å²) >= 11 is 1.32. The molecule has 0 aliphatic heterocycles. The Morgan fingerprint density at radius 1 is 1.56 bits per heavy atom. The van der Waals surface area contributed by atoms with Crippen molar-refractivity contribution in [1.29, 1.82) is 0 Å². The van der Waals surface area contributed by atoms with Gasteiger partial charge in [-0.1, -0.05) is 22.1 Å². The SMILES string of the molecule is Cc1nonc1CNC(=O)CSc1nncn1C. The van der Waals surface area contributed by atoms with Crippen molar-refractivity contribution < 1.29 is 9.42 Å². The number of amides is 1. The second kappa shape index (κ2) is 5.63. The summed E-state index contributed by atoms with van der Waals surface area (Å²) in [5.41, 5.74) is 1.31. The molecule has 0 aliphatic rings. The van der Waals surface area contributed by atoms with Gasteiger partial charge in [-0.2, -0.15) is 0 Å². The Balaban J connectivity index is 1.76. The van der Waals surface area contributed by atoms with E-state index in [1.807, 2.05) is 7.05 Å². The van der Waals surface area contributed by atoms with E-state index in [1.54, 1.807) is 17.8 Å². The molecule has 2 aromatic heterocycles. The summed E-state index contributed by atoms with van der Waals surface area (Å²) in [5, 5.41) is 18.3. The minimum Gasteiger partial charge on any atom is -0.350 e. The van der Waals surface area contributed by atoms with Gasteiger partial charge in [-0.05, 0) is 6.92 Å². The van der Waals surface area contributed by atoms with E-state index in [9.17, 15) is 4.79 Å². The second-order valence-electron chi connectivity index (χ2n) is 3.59. The summed E-state index contributed by atoms with van der Waals surface area (Å²) in [6, 6.07) is 0. The van der Waals surface area contributed by atoms with Crippen molar-refractivity contribution in [2.24, 2.45) is 7.05 Å². The maximum absolute atomic E-state index is 11.6. The standard InChI is InChI=1S/C9H12N6O2S/c1-6-7(14-17-13-6)3-10-8(16)4-18-9-12-11-5-15(9)2/h5H,3-4H2,1-2H3,(H,10,16). The first kappa shape index (κ1) is 12.6. The lowest BCUT2D eigenvalue weighted by atomic mass is 10.3. The Kier molecular flexibility index (Phi) is 3.92. The monoisotopic (exact) mass is 268 g/mol. The molecule has 18 heavy (non-hydrogen) atoms. The quantitative estimate of drug-likeness (QED) is 0.757. The lowest BCUT2D eigenvalue weighted by molar-refractivity contribution is -0.118. The topological polar surface area (TPSA) is 98.7 Å². The molecule has 0 atom stereocenters. The molecule has 8 nitrogen and oxygen atoms in total. The lowest BCUT2D eigenvalue weighted by Crippen LogP contribution is -2.25. The van der Waals surface area contributed by atoms with E-state index < -0.39 is 0 Å². The molecule has 0 fully saturated rings. The number of hydrogen-bond acceptors (Lipinski definition) is 7. The molecule has 1 amide bonds. The van der Waals surface area contributed by atoms with E-state index in [0.29, 0.717) is 23.1 Å². The first-order chi connectivity index (χ1) is 8.66. The van der Waals surface area contributed by atoms with Crippen molar-refractivity contribution in [2.75, 3.05) is 5.75 Å². The number of hydrogen-bond donors (Lipinski definition) is 1. The summed E-state index contributed by atoms with van der Waals surface area (Å²) in [4.78, 5) is 11.6. The van der Waals surface area contributed by atoms with Crippen LogP contribution in [0.2, 0.25) is 0 Å². The molecule has 0 aromatic carbocycles. The number of nitrogens with zero attached hydrogens (tertiary/aromatic N) is 5. The van der Waals surface area contributed by atoms with Crippen molar-refractivity contribution >= 4 is 17.7 Å². The summed E-state index contributed by atoms with van der Waals surface area (Å²) in [6.45, 7) is 2.08. The minimum atomic E-state index is -0.106. The number of nitrogens with one attached hydrogen (secondary N) is 1. The molecule has 0 aliphatic carbocycles. The highest BCUT2D eigenvalue weighted by molar-refractivity contribution is 7.99. The van der Waals surface area contributed by atoms with E-state index in [2.05, 4.69) is 30.5 Å². The highest BCUT2D eigenvalue weighted by Crippen LogP contribution is 2.12. The summed E-state index contributed by atoms with van der Waals surface area (Å²) < 4.78 is 6.29. The number of carbonyl (C=O) groups is 1. The molecule has 1 N–H and O–H groups in total. The van der Waals surface area contributed by atoms with Crippen LogP contribution in [0.15, 0.2) is 16.1 Å². The zero-order valence-electron chi connectivity index (χ0n) is 9.95. The third kappa shape index (κ3) is 3.06. The van der Waals surface area contributed by atoms with Gasteiger partial charge in [-0.3, -0.25) is 4.79 Å². The molecular weight excluding hydrogens is 256 g/mol. The van der Waals surface area contributed by atoms with Crippen molar-refractivity contribution in [3.05, 3.63) is 17.7 Å². The largest absolute Gasteiger partial charge is 0.350 e. The number of aromatic nitrogens is 5. The van der Waals surface area contributed by atoms with Crippen molar-refractivity contribution in [2.45, 2.75) is 18.6 Å². The first-order valence-electron chi connectivity index (χ1n) is 5.18. The van der Waals surface area contributed by atoms with Gasteiger partial charge in [0.05, 0.1) is 12.3 Å². The molecule has 0 radical (unpaired) electrons. The zero-order chi connectivity index (χ0) is 13.0. The number of rotatable bonds is 5. The number of carbonyl (C=O) groups excluding carboxylic acids is 1. The van der Waals surface area contributed by atoms with Gasteiger partial charge >= 0.3 is 0 Å². The molecule has 2 aromatic rings. The molecule has 0 spiro atoms. The fourth-order valence-corrected chi connectivity index (χ4v) is 1.89. The van der Waals surface area contributed by atoms with Gasteiger partial charge in [0.2, 0.25) is 5.91 Å². The predicted octanol–water partition coefficient (Wildman–Crippen LogP) is -0.0850. The molecule has 0 unspecified atom stereocenters. The molecular formula is C9H12N6O2S. The average molecular weight is 268 g/mol. The van der Waals surface area contributed by atoms with Gasteiger partial charge in [0.1, 0.15) is 17.7 Å². The van der Waals surface area contributed by atoms with Gasteiger partial charge < -0.3 is 9.88 Å². The van der Waals surface area contributed by atoms with Crippen LogP contribution in [-0.4, -0.2) is 36.7 Å². The fraction of sp³-hybridized carbons (Fsp3) is 0.444. The highest BCUT2D eigenvalue weighted by Gasteiger charge is 2.09. The lowest BCUT2D eigenvalue weighted by Gasteiger charge is -2.02. The van der Waals surface area contributed by atoms with Crippen LogP contribution in [0.5, 0.6) is 0 Å². The van der Waals surface area contributed by atoms with Crippen LogP contribution in [-0.2, 0) is 18.4 Å². The van der Waals surface area contributed by atoms with Crippen LogP contribution >= 0.6 is 11.8 Å². The van der Waals surface area contributed by atoms with Crippen molar-refractivity contribution in [3.8, 4) is 0 Å². The smallest absolute Gasteiger partial charge is 0.230 e. The predicted molar refractivity (Wildman–Crippen MR) is 62.6 cm³/mol. The second-order valence-corrected chi connectivity index (χ2v) is 4.53. The molecule has 0 saturated heterocycles. The third-order valence-electron chi connectivity index (χ3n) is 2.20. The maximum atomic E-state index is 11.6. The molecule has 2 rings (SSSR count). The summed E-state index contributed by atoms with van der Waals surface area (Å²) in [7, 11) is 1.82. The molecule has 9 heteroatoms. The Hall–Kier alpha value is -1.90. The van der Waals surface area contributed by atoms with E-state index in [4.69, 9.17) is 0 Å². The van der Waals surface area contributed by atoms with Crippen LogP contribution in [0.25, 0.3) is 0 Å². The fourth-order valence-electron chi connectivity index (χ4n) is 1.18. The summed E-state index contributed by atoms with van der Waals surface area (Å²) in [6.07, 6.45) is 1.59.